The lowest BCUT2D eigenvalue weighted by Crippen LogP contribution is -2.10. The van der Waals surface area contributed by atoms with Crippen LogP contribution in [0.3, 0.4) is 0 Å². The number of hydrogen-bond donors (Lipinski definition) is 1. The van der Waals surface area contributed by atoms with Crippen molar-refractivity contribution in [1.82, 2.24) is 9.55 Å². The summed E-state index contributed by atoms with van der Waals surface area (Å²) in [7, 11) is 0. The maximum Gasteiger partial charge on any atom is 0.360 e. The predicted octanol–water partition coefficient (Wildman–Crippen LogP) is 3.01. The van der Waals surface area contributed by atoms with Crippen LogP contribution in [-0.2, 0) is 4.74 Å². The number of benzene rings is 1. The molecular formula is C14H16BrN3O2. The van der Waals surface area contributed by atoms with Crippen LogP contribution in [0.5, 0.6) is 0 Å². The number of rotatable bonds is 3. The lowest BCUT2D eigenvalue weighted by Gasteiger charge is -2.13. The van der Waals surface area contributed by atoms with Gasteiger partial charge in [0.2, 0.25) is 0 Å². The van der Waals surface area contributed by atoms with Gasteiger partial charge in [0.25, 0.3) is 0 Å². The first-order chi connectivity index (χ1) is 9.45. The molecule has 0 atom stereocenters. The molecule has 2 rings (SSSR count). The van der Waals surface area contributed by atoms with Crippen molar-refractivity contribution in [2.24, 2.45) is 0 Å². The zero-order valence-corrected chi connectivity index (χ0v) is 13.2. The second-order valence-corrected chi connectivity index (χ2v) is 5.37. The first kappa shape index (κ1) is 14.6. The van der Waals surface area contributed by atoms with Crippen molar-refractivity contribution in [2.45, 2.75) is 20.8 Å². The fraction of sp³-hybridized carbons (Fsp3) is 0.286. The number of aromatic nitrogens is 2. The molecule has 6 heteroatoms. The van der Waals surface area contributed by atoms with Gasteiger partial charge in [0.1, 0.15) is 12.1 Å². The number of nitrogens with two attached hydrogens (primary N) is 1. The Bertz CT molecular complexity index is 641. The van der Waals surface area contributed by atoms with E-state index < -0.39 is 5.97 Å². The van der Waals surface area contributed by atoms with Gasteiger partial charge in [-0.25, -0.2) is 9.78 Å². The molecular weight excluding hydrogens is 322 g/mol. The van der Waals surface area contributed by atoms with Gasteiger partial charge in [-0.2, -0.15) is 0 Å². The number of anilines is 1. The average Bonchev–Trinajstić information content (AvgIpc) is 2.71. The largest absolute Gasteiger partial charge is 0.461 e. The topological polar surface area (TPSA) is 70.1 Å². The molecule has 0 unspecified atom stereocenters. The van der Waals surface area contributed by atoms with Gasteiger partial charge in [0, 0.05) is 4.47 Å². The minimum Gasteiger partial charge on any atom is -0.461 e. The summed E-state index contributed by atoms with van der Waals surface area (Å²) in [6.07, 6.45) is 1.55. The Morgan fingerprint density at radius 3 is 2.55 bits per heavy atom. The van der Waals surface area contributed by atoms with Crippen LogP contribution in [0.4, 0.5) is 5.82 Å². The van der Waals surface area contributed by atoms with Crippen molar-refractivity contribution < 1.29 is 9.53 Å². The SMILES string of the molecule is CCOC(=O)c1ncn(-c2c(C)cc(Br)cc2C)c1N. The number of hydrogen-bond acceptors (Lipinski definition) is 4. The van der Waals surface area contributed by atoms with Crippen LogP contribution in [-0.4, -0.2) is 22.1 Å². The van der Waals surface area contributed by atoms with Crippen LogP contribution in [0.15, 0.2) is 22.9 Å². The summed E-state index contributed by atoms with van der Waals surface area (Å²) in [6.45, 7) is 6.00. The zero-order valence-electron chi connectivity index (χ0n) is 11.6. The summed E-state index contributed by atoms with van der Waals surface area (Å²) in [6, 6.07) is 3.98. The van der Waals surface area contributed by atoms with E-state index in [1.54, 1.807) is 17.8 Å². The summed E-state index contributed by atoms with van der Waals surface area (Å²) < 4.78 is 7.65. The van der Waals surface area contributed by atoms with E-state index in [2.05, 4.69) is 20.9 Å². The Morgan fingerprint density at radius 2 is 2.00 bits per heavy atom. The number of imidazole rings is 1. The van der Waals surface area contributed by atoms with Crippen molar-refractivity contribution in [3.05, 3.63) is 39.8 Å². The molecule has 0 spiro atoms. The van der Waals surface area contributed by atoms with Gasteiger partial charge in [-0.05, 0) is 44.0 Å². The third-order valence-electron chi connectivity index (χ3n) is 2.97. The van der Waals surface area contributed by atoms with E-state index in [9.17, 15) is 4.79 Å². The molecule has 20 heavy (non-hydrogen) atoms. The summed E-state index contributed by atoms with van der Waals surface area (Å²) in [5.74, 6) is -0.215. The Labute approximate surface area is 125 Å². The summed E-state index contributed by atoms with van der Waals surface area (Å²) in [4.78, 5) is 15.8. The van der Waals surface area contributed by atoms with Gasteiger partial charge in [-0.1, -0.05) is 15.9 Å². The molecule has 0 amide bonds. The highest BCUT2D eigenvalue weighted by molar-refractivity contribution is 9.10. The van der Waals surface area contributed by atoms with Crippen molar-refractivity contribution in [2.75, 3.05) is 12.3 Å². The average molecular weight is 338 g/mol. The monoisotopic (exact) mass is 337 g/mol. The molecule has 2 N–H and O–H groups in total. The fourth-order valence-electron chi connectivity index (χ4n) is 2.18. The number of carbonyl (C=O) groups excluding carboxylic acids is 1. The van der Waals surface area contributed by atoms with Gasteiger partial charge < -0.3 is 10.5 Å². The van der Waals surface area contributed by atoms with E-state index in [0.717, 1.165) is 21.3 Å². The molecule has 0 aliphatic carbocycles. The van der Waals surface area contributed by atoms with Gasteiger partial charge in [-0.15, -0.1) is 0 Å². The van der Waals surface area contributed by atoms with Crippen molar-refractivity contribution in [1.29, 1.82) is 0 Å². The molecule has 106 valence electrons. The van der Waals surface area contributed by atoms with Crippen LogP contribution in [0.25, 0.3) is 5.69 Å². The number of nitrogen functional groups attached to an aromatic ring is 1. The molecule has 0 saturated carbocycles. The highest BCUT2D eigenvalue weighted by atomic mass is 79.9. The number of ether oxygens (including phenoxy) is 1. The molecule has 1 aromatic carbocycles. The van der Waals surface area contributed by atoms with Gasteiger partial charge >= 0.3 is 5.97 Å². The number of esters is 1. The highest BCUT2D eigenvalue weighted by Gasteiger charge is 2.19. The number of aryl methyl sites for hydroxylation is 2. The van der Waals surface area contributed by atoms with Crippen LogP contribution in [0.1, 0.15) is 28.5 Å². The van der Waals surface area contributed by atoms with Crippen molar-refractivity contribution in [3.8, 4) is 5.69 Å². The number of nitrogens with zero attached hydrogens (tertiary/aromatic N) is 2. The molecule has 1 heterocycles. The van der Waals surface area contributed by atoms with Gasteiger partial charge in [-0.3, -0.25) is 4.57 Å². The standard InChI is InChI=1S/C14H16BrN3O2/c1-4-20-14(19)11-13(16)18(7-17-11)12-8(2)5-10(15)6-9(12)3/h5-7H,4,16H2,1-3H3. The van der Waals surface area contributed by atoms with Crippen molar-refractivity contribution in [3.63, 3.8) is 0 Å². The van der Waals surface area contributed by atoms with E-state index in [0.29, 0.717) is 6.61 Å². The van der Waals surface area contributed by atoms with Crippen LogP contribution < -0.4 is 5.73 Å². The second-order valence-electron chi connectivity index (χ2n) is 4.46. The lowest BCUT2D eigenvalue weighted by atomic mass is 10.1. The molecule has 0 bridgehead atoms. The van der Waals surface area contributed by atoms with Crippen molar-refractivity contribution >= 4 is 27.7 Å². The second kappa shape index (κ2) is 5.66. The Hall–Kier alpha value is -1.82. The Balaban J connectivity index is 2.53. The highest BCUT2D eigenvalue weighted by Crippen LogP contribution is 2.27. The molecule has 0 fully saturated rings. The lowest BCUT2D eigenvalue weighted by molar-refractivity contribution is 0.0521. The first-order valence-corrected chi connectivity index (χ1v) is 7.02. The maximum absolute atomic E-state index is 11.7. The third kappa shape index (κ3) is 2.56. The number of carbonyl (C=O) groups is 1. The van der Waals surface area contributed by atoms with Gasteiger partial charge in [0.05, 0.1) is 12.3 Å². The van der Waals surface area contributed by atoms with Crippen LogP contribution >= 0.6 is 15.9 Å². The Kier molecular flexibility index (Phi) is 4.13. The summed E-state index contributed by atoms with van der Waals surface area (Å²) in [5, 5.41) is 0. The third-order valence-corrected chi connectivity index (χ3v) is 3.43. The molecule has 0 saturated heterocycles. The number of halogens is 1. The summed E-state index contributed by atoms with van der Waals surface area (Å²) in [5.41, 5.74) is 9.18. The molecule has 5 nitrogen and oxygen atoms in total. The van der Waals surface area contributed by atoms with Crippen LogP contribution in [0.2, 0.25) is 0 Å². The van der Waals surface area contributed by atoms with E-state index in [1.807, 2.05) is 26.0 Å². The molecule has 0 radical (unpaired) electrons. The maximum atomic E-state index is 11.7. The molecule has 2 aromatic rings. The van der Waals surface area contributed by atoms with E-state index in [1.165, 1.54) is 0 Å². The molecule has 1 aromatic heterocycles. The van der Waals surface area contributed by atoms with Crippen LogP contribution in [0, 0.1) is 13.8 Å². The normalized spacial score (nSPS) is 10.6. The smallest absolute Gasteiger partial charge is 0.360 e. The minimum absolute atomic E-state index is 0.147. The zero-order chi connectivity index (χ0) is 14.9. The predicted molar refractivity (Wildman–Crippen MR) is 81.1 cm³/mol. The van der Waals surface area contributed by atoms with E-state index >= 15 is 0 Å². The fourth-order valence-corrected chi connectivity index (χ4v) is 2.86. The minimum atomic E-state index is -0.504. The molecule has 0 aliphatic heterocycles. The van der Waals surface area contributed by atoms with E-state index in [4.69, 9.17) is 10.5 Å². The molecule has 0 aliphatic rings. The summed E-state index contributed by atoms with van der Waals surface area (Å²) >= 11 is 3.46. The van der Waals surface area contributed by atoms with Gasteiger partial charge in [0.15, 0.2) is 5.69 Å². The van der Waals surface area contributed by atoms with E-state index in [-0.39, 0.29) is 11.5 Å². The quantitative estimate of drug-likeness (QED) is 0.874. The first-order valence-electron chi connectivity index (χ1n) is 6.22. The Morgan fingerprint density at radius 1 is 1.40 bits per heavy atom.